The van der Waals surface area contributed by atoms with Gasteiger partial charge in [-0.2, -0.15) is 0 Å². The van der Waals surface area contributed by atoms with E-state index in [0.29, 0.717) is 13.1 Å². The van der Waals surface area contributed by atoms with Gasteiger partial charge in [-0.3, -0.25) is 10.1 Å². The molecule has 0 atom stereocenters. The van der Waals surface area contributed by atoms with Crippen molar-refractivity contribution in [2.45, 2.75) is 13.8 Å². The Hall–Kier alpha value is -2.22. The van der Waals surface area contributed by atoms with E-state index in [1.54, 1.807) is 0 Å². The number of pyridine rings is 1. The summed E-state index contributed by atoms with van der Waals surface area (Å²) in [6, 6.07) is 2.27. The van der Waals surface area contributed by atoms with E-state index in [4.69, 9.17) is 5.11 Å². The molecule has 0 saturated heterocycles. The van der Waals surface area contributed by atoms with Crippen molar-refractivity contribution in [3.63, 3.8) is 0 Å². The van der Waals surface area contributed by atoms with Gasteiger partial charge >= 0.3 is 11.7 Å². The van der Waals surface area contributed by atoms with Crippen LogP contribution in [0.15, 0.2) is 12.1 Å². The molecular weight excluding hydrogens is 264 g/mol. The molecule has 0 radical (unpaired) electrons. The molecule has 0 fully saturated rings. The number of aromatic carboxylic acids is 1. The van der Waals surface area contributed by atoms with Crippen molar-refractivity contribution in [1.82, 2.24) is 9.88 Å². The molecule has 1 aromatic rings. The Morgan fingerprint density at radius 3 is 2.60 bits per heavy atom. The van der Waals surface area contributed by atoms with Crippen molar-refractivity contribution in [1.29, 1.82) is 0 Å². The topological polar surface area (TPSA) is 109 Å². The quantitative estimate of drug-likeness (QED) is 0.548. The average Bonchev–Trinajstić information content (AvgIpc) is 2.43. The first-order valence-corrected chi connectivity index (χ1v) is 6.34. The van der Waals surface area contributed by atoms with Crippen LogP contribution in [0.5, 0.6) is 0 Å². The predicted octanol–water partition coefficient (Wildman–Crippen LogP) is 1.44. The highest BCUT2D eigenvalue weighted by atomic mass is 16.6. The third-order valence-electron chi connectivity index (χ3n) is 2.90. The Morgan fingerprint density at radius 2 is 2.10 bits per heavy atom. The van der Waals surface area contributed by atoms with Crippen LogP contribution < -0.4 is 5.32 Å². The van der Waals surface area contributed by atoms with Crippen LogP contribution in [-0.4, -0.2) is 52.1 Å². The van der Waals surface area contributed by atoms with E-state index < -0.39 is 10.9 Å². The number of aromatic nitrogens is 1. The number of nitrogens with zero attached hydrogens (tertiary/aromatic N) is 3. The normalized spacial score (nSPS) is 10.6. The van der Waals surface area contributed by atoms with Crippen LogP contribution in [0.4, 0.5) is 11.5 Å². The fourth-order valence-corrected chi connectivity index (χ4v) is 1.72. The van der Waals surface area contributed by atoms with Crippen molar-refractivity contribution in [3.8, 4) is 0 Å². The second kappa shape index (κ2) is 7.39. The van der Waals surface area contributed by atoms with Gasteiger partial charge in [-0.25, -0.2) is 9.78 Å². The maximum Gasteiger partial charge on any atom is 0.354 e. The molecule has 1 heterocycles. The summed E-state index contributed by atoms with van der Waals surface area (Å²) >= 11 is 0. The van der Waals surface area contributed by atoms with E-state index in [2.05, 4.69) is 15.2 Å². The number of hydrogen-bond acceptors (Lipinski definition) is 6. The highest BCUT2D eigenvalue weighted by molar-refractivity contribution is 5.86. The minimum absolute atomic E-state index is 0.0120. The lowest BCUT2D eigenvalue weighted by molar-refractivity contribution is -0.384. The third kappa shape index (κ3) is 4.16. The van der Waals surface area contributed by atoms with E-state index in [1.807, 2.05) is 13.8 Å². The highest BCUT2D eigenvalue weighted by Crippen LogP contribution is 2.21. The van der Waals surface area contributed by atoms with Crippen LogP contribution in [0, 0.1) is 10.1 Å². The number of likely N-dealkylation sites (N-methyl/N-ethyl adjacent to an activating group) is 1. The zero-order chi connectivity index (χ0) is 15.1. The number of hydrogen-bond donors (Lipinski definition) is 2. The van der Waals surface area contributed by atoms with E-state index in [9.17, 15) is 14.9 Å². The molecule has 0 aliphatic heterocycles. The molecule has 1 rings (SSSR count). The van der Waals surface area contributed by atoms with Gasteiger partial charge in [-0.05, 0) is 19.2 Å². The minimum atomic E-state index is -1.22. The van der Waals surface area contributed by atoms with Gasteiger partial charge in [-0.15, -0.1) is 0 Å². The Balaban J connectivity index is 2.82. The van der Waals surface area contributed by atoms with Crippen LogP contribution in [0.3, 0.4) is 0 Å². The molecule has 0 unspecified atom stereocenters. The van der Waals surface area contributed by atoms with Crippen LogP contribution in [-0.2, 0) is 0 Å². The summed E-state index contributed by atoms with van der Waals surface area (Å²) in [5.41, 5.74) is -0.449. The summed E-state index contributed by atoms with van der Waals surface area (Å²) in [4.78, 5) is 27.0. The lowest BCUT2D eigenvalue weighted by atomic mass is 10.3. The van der Waals surface area contributed by atoms with Crippen molar-refractivity contribution >= 4 is 17.5 Å². The van der Waals surface area contributed by atoms with Crippen LogP contribution in [0.25, 0.3) is 0 Å². The number of nitro groups is 1. The summed E-state index contributed by atoms with van der Waals surface area (Å²) in [6.45, 7) is 6.96. The SMILES string of the molecule is CCN(CC)CCNc1nc(C(=O)O)ccc1[N+](=O)[O-]. The van der Waals surface area contributed by atoms with Crippen molar-refractivity contribution in [2.75, 3.05) is 31.5 Å². The number of anilines is 1. The molecule has 2 N–H and O–H groups in total. The lowest BCUT2D eigenvalue weighted by Crippen LogP contribution is -2.29. The van der Waals surface area contributed by atoms with Gasteiger partial charge < -0.3 is 15.3 Å². The Morgan fingerprint density at radius 1 is 1.45 bits per heavy atom. The first-order chi connectivity index (χ1) is 9.49. The number of carbonyl (C=O) groups is 1. The van der Waals surface area contributed by atoms with Gasteiger partial charge in [-0.1, -0.05) is 13.8 Å². The second-order valence-electron chi connectivity index (χ2n) is 4.08. The summed E-state index contributed by atoms with van der Waals surface area (Å²) < 4.78 is 0. The molecule has 8 heteroatoms. The standard InChI is InChI=1S/C12H18N4O4/c1-3-15(4-2)8-7-13-11-10(16(19)20)6-5-9(14-11)12(17)18/h5-6H,3-4,7-8H2,1-2H3,(H,13,14)(H,17,18). The lowest BCUT2D eigenvalue weighted by Gasteiger charge is -2.18. The van der Waals surface area contributed by atoms with Gasteiger partial charge in [0.25, 0.3) is 0 Å². The molecular formula is C12H18N4O4. The smallest absolute Gasteiger partial charge is 0.354 e. The largest absolute Gasteiger partial charge is 0.477 e. The molecule has 0 spiro atoms. The molecule has 110 valence electrons. The Bertz CT molecular complexity index is 488. The van der Waals surface area contributed by atoms with Crippen LogP contribution in [0.1, 0.15) is 24.3 Å². The van der Waals surface area contributed by atoms with Gasteiger partial charge in [0.2, 0.25) is 5.82 Å². The molecule has 0 saturated carbocycles. The number of rotatable bonds is 8. The Labute approximate surface area is 116 Å². The zero-order valence-corrected chi connectivity index (χ0v) is 11.5. The van der Waals surface area contributed by atoms with E-state index in [-0.39, 0.29) is 17.2 Å². The molecule has 0 bridgehead atoms. The third-order valence-corrected chi connectivity index (χ3v) is 2.90. The van der Waals surface area contributed by atoms with Gasteiger partial charge in [0.15, 0.2) is 5.69 Å². The number of carboxylic acid groups (broad SMARTS) is 1. The highest BCUT2D eigenvalue weighted by Gasteiger charge is 2.18. The fraction of sp³-hybridized carbons (Fsp3) is 0.500. The van der Waals surface area contributed by atoms with Gasteiger partial charge in [0, 0.05) is 19.2 Å². The predicted molar refractivity (Wildman–Crippen MR) is 74.1 cm³/mol. The molecule has 0 aliphatic carbocycles. The first-order valence-electron chi connectivity index (χ1n) is 6.34. The van der Waals surface area contributed by atoms with Crippen molar-refractivity contribution in [3.05, 3.63) is 27.9 Å². The molecule has 20 heavy (non-hydrogen) atoms. The van der Waals surface area contributed by atoms with Crippen LogP contribution in [0.2, 0.25) is 0 Å². The average molecular weight is 282 g/mol. The Kier molecular flexibility index (Phi) is 5.85. The zero-order valence-electron chi connectivity index (χ0n) is 11.5. The molecule has 0 aromatic carbocycles. The van der Waals surface area contributed by atoms with E-state index >= 15 is 0 Å². The van der Waals surface area contributed by atoms with Crippen molar-refractivity contribution in [2.24, 2.45) is 0 Å². The molecule has 0 aliphatic rings. The van der Waals surface area contributed by atoms with Gasteiger partial charge in [0.1, 0.15) is 0 Å². The number of carboxylic acids is 1. The van der Waals surface area contributed by atoms with Crippen molar-refractivity contribution < 1.29 is 14.8 Å². The second-order valence-corrected chi connectivity index (χ2v) is 4.08. The van der Waals surface area contributed by atoms with E-state index in [1.165, 1.54) is 0 Å². The monoisotopic (exact) mass is 282 g/mol. The summed E-state index contributed by atoms with van der Waals surface area (Å²) in [6.07, 6.45) is 0. The maximum absolute atomic E-state index is 10.9. The first kappa shape index (κ1) is 15.8. The molecule has 8 nitrogen and oxygen atoms in total. The van der Waals surface area contributed by atoms with Gasteiger partial charge in [0.05, 0.1) is 4.92 Å². The maximum atomic E-state index is 10.9. The number of nitrogens with one attached hydrogen (secondary N) is 1. The summed E-state index contributed by atoms with van der Waals surface area (Å²) in [5.74, 6) is -1.23. The minimum Gasteiger partial charge on any atom is -0.477 e. The summed E-state index contributed by atoms with van der Waals surface area (Å²) in [5, 5.41) is 22.6. The summed E-state index contributed by atoms with van der Waals surface area (Å²) in [7, 11) is 0. The van der Waals surface area contributed by atoms with E-state index in [0.717, 1.165) is 25.2 Å². The van der Waals surface area contributed by atoms with Crippen LogP contribution >= 0.6 is 0 Å². The molecule has 1 aromatic heterocycles. The molecule has 0 amide bonds. The fourth-order valence-electron chi connectivity index (χ4n) is 1.72.